The van der Waals surface area contributed by atoms with Gasteiger partial charge in [-0.05, 0) is 42.5 Å². The Morgan fingerprint density at radius 2 is 1.88 bits per heavy atom. The van der Waals surface area contributed by atoms with Gasteiger partial charge in [-0.15, -0.1) is 21.5 Å². The first-order chi connectivity index (χ1) is 15.5. The molecule has 0 bridgehead atoms. The van der Waals surface area contributed by atoms with Gasteiger partial charge in [-0.1, -0.05) is 11.8 Å². The van der Waals surface area contributed by atoms with Gasteiger partial charge in [0, 0.05) is 29.1 Å². The van der Waals surface area contributed by atoms with Crippen LogP contribution in [-0.2, 0) is 4.79 Å². The molecule has 8 nitrogen and oxygen atoms in total. The molecule has 0 saturated heterocycles. The third kappa shape index (κ3) is 4.46. The monoisotopic (exact) mass is 468 g/mol. The number of anilines is 1. The van der Waals surface area contributed by atoms with Gasteiger partial charge in [0.15, 0.2) is 10.9 Å². The van der Waals surface area contributed by atoms with E-state index in [1.807, 2.05) is 28.0 Å². The zero-order valence-electron chi connectivity index (χ0n) is 17.6. The second kappa shape index (κ2) is 9.41. The van der Waals surface area contributed by atoms with Crippen molar-refractivity contribution in [2.45, 2.75) is 12.1 Å². The second-order valence-corrected chi connectivity index (χ2v) is 8.54. The van der Waals surface area contributed by atoms with Crippen LogP contribution in [-0.4, -0.2) is 46.3 Å². The number of ketones is 1. The maximum Gasteiger partial charge on any atom is 0.221 e. The van der Waals surface area contributed by atoms with Crippen molar-refractivity contribution in [2.75, 3.05) is 25.3 Å². The third-order valence-corrected chi connectivity index (χ3v) is 6.41. The summed E-state index contributed by atoms with van der Waals surface area (Å²) in [4.78, 5) is 24.6. The van der Waals surface area contributed by atoms with E-state index in [1.54, 1.807) is 38.5 Å². The first-order valence-corrected chi connectivity index (χ1v) is 11.5. The Morgan fingerprint density at radius 1 is 1.09 bits per heavy atom. The molecule has 10 heteroatoms. The van der Waals surface area contributed by atoms with Crippen molar-refractivity contribution in [3.8, 4) is 22.8 Å². The topological polar surface area (TPSA) is 94.8 Å². The highest BCUT2D eigenvalue weighted by molar-refractivity contribution is 7.99. The molecule has 0 spiro atoms. The molecular weight excluding hydrogens is 448 g/mol. The molecule has 1 N–H and O–H groups in total. The molecule has 4 aromatic rings. The number of hydrogen-bond donors (Lipinski definition) is 1. The van der Waals surface area contributed by atoms with Gasteiger partial charge in [0.25, 0.3) is 0 Å². The van der Waals surface area contributed by atoms with Crippen molar-refractivity contribution in [3.63, 3.8) is 0 Å². The van der Waals surface area contributed by atoms with E-state index in [2.05, 4.69) is 15.5 Å². The lowest BCUT2D eigenvalue weighted by Gasteiger charge is -2.10. The van der Waals surface area contributed by atoms with E-state index < -0.39 is 0 Å². The van der Waals surface area contributed by atoms with E-state index in [0.29, 0.717) is 27.9 Å². The van der Waals surface area contributed by atoms with Crippen LogP contribution in [0.2, 0.25) is 0 Å². The number of carbonyl (C=O) groups excluding carboxylic acids is 2. The fourth-order valence-electron chi connectivity index (χ4n) is 3.15. The van der Waals surface area contributed by atoms with Crippen molar-refractivity contribution in [2.24, 2.45) is 0 Å². The van der Waals surface area contributed by atoms with Gasteiger partial charge in [0.05, 0.1) is 25.7 Å². The number of methoxy groups -OCH3 is 2. The Hall–Kier alpha value is -3.37. The van der Waals surface area contributed by atoms with Gasteiger partial charge < -0.3 is 14.8 Å². The summed E-state index contributed by atoms with van der Waals surface area (Å²) < 4.78 is 12.8. The molecule has 164 valence electrons. The molecule has 0 saturated carbocycles. The normalized spacial score (nSPS) is 10.8. The number of amides is 1. The minimum absolute atomic E-state index is 0.0446. The zero-order chi connectivity index (χ0) is 22.7. The predicted octanol–water partition coefficient (Wildman–Crippen LogP) is 4.41. The number of hydrogen-bond acceptors (Lipinski definition) is 8. The Balaban J connectivity index is 1.57. The summed E-state index contributed by atoms with van der Waals surface area (Å²) in [6.45, 7) is 1.44. The number of carbonyl (C=O) groups is 2. The quantitative estimate of drug-likeness (QED) is 0.302. The van der Waals surface area contributed by atoms with Crippen LogP contribution >= 0.6 is 23.1 Å². The molecule has 2 aromatic heterocycles. The first kappa shape index (κ1) is 21.8. The smallest absolute Gasteiger partial charge is 0.221 e. The van der Waals surface area contributed by atoms with Gasteiger partial charge in [-0.2, -0.15) is 0 Å². The van der Waals surface area contributed by atoms with Crippen LogP contribution in [0.5, 0.6) is 11.5 Å². The van der Waals surface area contributed by atoms with E-state index in [9.17, 15) is 9.59 Å². The van der Waals surface area contributed by atoms with E-state index in [0.717, 1.165) is 16.2 Å². The average molecular weight is 469 g/mol. The number of thiazole rings is 1. The van der Waals surface area contributed by atoms with Crippen LogP contribution in [0.15, 0.2) is 53.0 Å². The maximum absolute atomic E-state index is 12.7. The molecule has 0 aliphatic carbocycles. The average Bonchev–Trinajstić information content (AvgIpc) is 3.39. The van der Waals surface area contributed by atoms with Crippen molar-refractivity contribution < 1.29 is 19.1 Å². The Bertz CT molecular complexity index is 1280. The lowest BCUT2D eigenvalue weighted by molar-refractivity contribution is -0.114. The van der Waals surface area contributed by atoms with Crippen LogP contribution in [0.1, 0.15) is 17.3 Å². The Morgan fingerprint density at radius 3 is 2.56 bits per heavy atom. The van der Waals surface area contributed by atoms with Crippen molar-refractivity contribution in [1.82, 2.24) is 14.6 Å². The predicted molar refractivity (Wildman–Crippen MR) is 125 cm³/mol. The minimum atomic E-state index is -0.158. The highest BCUT2D eigenvalue weighted by atomic mass is 32.2. The molecule has 1 amide bonds. The van der Waals surface area contributed by atoms with Gasteiger partial charge >= 0.3 is 0 Å². The molecule has 4 rings (SSSR count). The molecule has 2 aromatic carbocycles. The molecule has 0 fully saturated rings. The standard InChI is InChI=1S/C22H20N4O4S2/c1-13(27)23-15-6-4-14(5-7-15)19(28)12-32-22-25-24-21-26(22)18(11-31-21)17-10-16(29-2)8-9-20(17)30-3/h4-11H,12H2,1-3H3,(H,23,27). The summed E-state index contributed by atoms with van der Waals surface area (Å²) in [7, 11) is 3.23. The van der Waals surface area contributed by atoms with Gasteiger partial charge in [-0.25, -0.2) is 0 Å². The van der Waals surface area contributed by atoms with Crippen LogP contribution < -0.4 is 14.8 Å². The summed E-state index contributed by atoms with van der Waals surface area (Å²) in [5, 5.41) is 13.8. The molecule has 0 atom stereocenters. The van der Waals surface area contributed by atoms with Crippen molar-refractivity contribution in [1.29, 1.82) is 0 Å². The number of ether oxygens (including phenoxy) is 2. The van der Waals surface area contributed by atoms with Crippen molar-refractivity contribution >= 4 is 45.4 Å². The van der Waals surface area contributed by atoms with E-state index in [-0.39, 0.29) is 17.4 Å². The number of nitrogens with one attached hydrogen (secondary N) is 1. The minimum Gasteiger partial charge on any atom is -0.497 e. The summed E-state index contributed by atoms with van der Waals surface area (Å²) in [6, 6.07) is 12.4. The van der Waals surface area contributed by atoms with E-state index in [1.165, 1.54) is 30.0 Å². The summed E-state index contributed by atoms with van der Waals surface area (Å²) in [6.07, 6.45) is 0. The van der Waals surface area contributed by atoms with E-state index >= 15 is 0 Å². The number of Topliss-reactive ketones (excluding diaryl/α,β-unsaturated/α-hetero) is 1. The van der Waals surface area contributed by atoms with Gasteiger partial charge in [-0.3, -0.25) is 14.0 Å². The lowest BCUT2D eigenvalue weighted by Crippen LogP contribution is -2.07. The van der Waals surface area contributed by atoms with Gasteiger partial charge in [0.2, 0.25) is 10.9 Å². The molecule has 2 heterocycles. The maximum atomic E-state index is 12.7. The molecule has 32 heavy (non-hydrogen) atoms. The highest BCUT2D eigenvalue weighted by Crippen LogP contribution is 2.37. The van der Waals surface area contributed by atoms with Crippen molar-refractivity contribution in [3.05, 3.63) is 53.4 Å². The SMILES string of the molecule is COc1ccc(OC)c(-c2csc3nnc(SCC(=O)c4ccc(NC(C)=O)cc4)n23)c1. The van der Waals surface area contributed by atoms with Crippen LogP contribution in [0.25, 0.3) is 16.2 Å². The lowest BCUT2D eigenvalue weighted by atomic mass is 10.1. The fraction of sp³-hybridized carbons (Fsp3) is 0.182. The van der Waals surface area contributed by atoms with Gasteiger partial charge in [0.1, 0.15) is 11.5 Å². The summed E-state index contributed by atoms with van der Waals surface area (Å²) in [5.74, 6) is 1.41. The molecule has 0 aliphatic rings. The van der Waals surface area contributed by atoms with Crippen LogP contribution in [0, 0.1) is 0 Å². The molecule has 0 radical (unpaired) electrons. The number of thioether (sulfide) groups is 1. The third-order valence-electron chi connectivity index (χ3n) is 4.66. The van der Waals surface area contributed by atoms with Crippen LogP contribution in [0.4, 0.5) is 5.69 Å². The second-order valence-electron chi connectivity index (χ2n) is 6.76. The number of nitrogens with zero attached hydrogens (tertiary/aromatic N) is 3. The molecular formula is C22H20N4O4S2. The fourth-order valence-corrected chi connectivity index (χ4v) is 4.87. The summed E-state index contributed by atoms with van der Waals surface area (Å²) in [5.41, 5.74) is 2.92. The number of aromatic nitrogens is 3. The molecule has 0 aliphatic heterocycles. The number of benzene rings is 2. The number of fused-ring (bicyclic) bond motifs is 1. The highest BCUT2D eigenvalue weighted by Gasteiger charge is 2.18. The molecule has 0 unspecified atom stereocenters. The largest absolute Gasteiger partial charge is 0.497 e. The number of rotatable bonds is 8. The van der Waals surface area contributed by atoms with E-state index in [4.69, 9.17) is 9.47 Å². The summed E-state index contributed by atoms with van der Waals surface area (Å²) >= 11 is 2.78. The zero-order valence-corrected chi connectivity index (χ0v) is 19.3. The first-order valence-electron chi connectivity index (χ1n) is 9.59. The Labute approximate surface area is 192 Å². The Kier molecular flexibility index (Phi) is 6.42. The van der Waals surface area contributed by atoms with Crippen LogP contribution in [0.3, 0.4) is 0 Å².